The van der Waals surface area contributed by atoms with E-state index in [-0.39, 0.29) is 5.92 Å². The van der Waals surface area contributed by atoms with Crippen LogP contribution in [-0.4, -0.2) is 22.1 Å². The molecule has 2 heterocycles. The van der Waals surface area contributed by atoms with Gasteiger partial charge in [-0.3, -0.25) is 4.79 Å². The molecule has 2 unspecified atom stereocenters. The number of anilines is 1. The van der Waals surface area contributed by atoms with Crippen LogP contribution in [0.2, 0.25) is 0 Å². The van der Waals surface area contributed by atoms with Crippen LogP contribution in [0.15, 0.2) is 42.9 Å². The third kappa shape index (κ3) is 5.57. The van der Waals surface area contributed by atoms with Crippen molar-refractivity contribution in [3.63, 3.8) is 0 Å². The molecule has 1 saturated carbocycles. The number of nitrogens with zero attached hydrogens (tertiary/aromatic N) is 2. The SMILES string of the molecule is CCC1C=CNc2c(C(N)=O)c(OCCCC(C)C(C)C)cc(-c3ccc4c(c3)ncn4C3CCCCC3)c21. The summed E-state index contributed by atoms with van der Waals surface area (Å²) in [7, 11) is 0. The second-order valence-corrected chi connectivity index (χ2v) is 11.8. The second kappa shape index (κ2) is 11.8. The number of carbonyl (C=O) groups is 1. The van der Waals surface area contributed by atoms with Gasteiger partial charge < -0.3 is 20.4 Å². The molecule has 208 valence electrons. The fourth-order valence-electron chi connectivity index (χ4n) is 6.26. The summed E-state index contributed by atoms with van der Waals surface area (Å²) in [5, 5.41) is 3.35. The van der Waals surface area contributed by atoms with Crippen LogP contribution in [0, 0.1) is 11.8 Å². The van der Waals surface area contributed by atoms with Gasteiger partial charge in [-0.1, -0.05) is 59.1 Å². The lowest BCUT2D eigenvalue weighted by molar-refractivity contribution is 0.0997. The van der Waals surface area contributed by atoms with Gasteiger partial charge in [-0.25, -0.2) is 4.98 Å². The number of imidazole rings is 1. The number of benzene rings is 2. The Bertz CT molecular complexity index is 1350. The van der Waals surface area contributed by atoms with E-state index >= 15 is 0 Å². The molecule has 0 radical (unpaired) electrons. The van der Waals surface area contributed by atoms with Crippen molar-refractivity contribution < 1.29 is 9.53 Å². The Balaban J connectivity index is 1.55. The highest BCUT2D eigenvalue weighted by Gasteiger charge is 2.28. The monoisotopic (exact) mass is 528 g/mol. The van der Waals surface area contributed by atoms with Gasteiger partial charge in [0.25, 0.3) is 5.91 Å². The van der Waals surface area contributed by atoms with Crippen molar-refractivity contribution in [1.29, 1.82) is 0 Å². The van der Waals surface area contributed by atoms with Crippen LogP contribution >= 0.6 is 0 Å². The fraction of sp³-hybridized carbons (Fsp3) is 0.515. The molecule has 1 amide bonds. The lowest BCUT2D eigenvalue weighted by Gasteiger charge is -2.28. The number of aromatic nitrogens is 2. The Hall–Kier alpha value is -3.28. The molecule has 1 aromatic heterocycles. The van der Waals surface area contributed by atoms with Gasteiger partial charge in [0, 0.05) is 12.0 Å². The van der Waals surface area contributed by atoms with E-state index in [2.05, 4.69) is 61.9 Å². The van der Waals surface area contributed by atoms with Crippen molar-refractivity contribution in [2.45, 2.75) is 91.0 Å². The predicted molar refractivity (Wildman–Crippen MR) is 160 cm³/mol. The van der Waals surface area contributed by atoms with Crippen LogP contribution < -0.4 is 15.8 Å². The fourth-order valence-corrected chi connectivity index (χ4v) is 6.26. The third-order valence-electron chi connectivity index (χ3n) is 9.00. The van der Waals surface area contributed by atoms with E-state index in [9.17, 15) is 4.79 Å². The zero-order valence-corrected chi connectivity index (χ0v) is 24.0. The lowest BCUT2D eigenvalue weighted by atomic mass is 9.83. The average Bonchev–Trinajstić information content (AvgIpc) is 3.37. The number of rotatable bonds is 10. The Morgan fingerprint density at radius 1 is 1.18 bits per heavy atom. The van der Waals surface area contributed by atoms with Gasteiger partial charge in [0.15, 0.2) is 0 Å². The summed E-state index contributed by atoms with van der Waals surface area (Å²) in [5.41, 5.74) is 12.6. The van der Waals surface area contributed by atoms with Gasteiger partial charge in [0.1, 0.15) is 11.3 Å². The molecule has 3 N–H and O–H groups in total. The van der Waals surface area contributed by atoms with Crippen LogP contribution in [-0.2, 0) is 0 Å². The normalized spacial score (nSPS) is 18.2. The van der Waals surface area contributed by atoms with E-state index in [1.807, 2.05) is 18.6 Å². The topological polar surface area (TPSA) is 82.2 Å². The second-order valence-electron chi connectivity index (χ2n) is 11.8. The molecule has 2 aromatic carbocycles. The first kappa shape index (κ1) is 27.3. The Morgan fingerprint density at radius 3 is 2.69 bits per heavy atom. The van der Waals surface area contributed by atoms with Crippen molar-refractivity contribution in [3.05, 3.63) is 54.0 Å². The van der Waals surface area contributed by atoms with Gasteiger partial charge in [0.05, 0.1) is 29.7 Å². The number of hydrogen-bond donors (Lipinski definition) is 2. The van der Waals surface area contributed by atoms with Crippen molar-refractivity contribution in [1.82, 2.24) is 9.55 Å². The van der Waals surface area contributed by atoms with Gasteiger partial charge >= 0.3 is 0 Å². The molecule has 0 saturated heterocycles. The number of allylic oxidation sites excluding steroid dienone is 1. The molecule has 1 aliphatic heterocycles. The summed E-state index contributed by atoms with van der Waals surface area (Å²) in [4.78, 5) is 17.6. The Morgan fingerprint density at radius 2 is 1.97 bits per heavy atom. The minimum Gasteiger partial charge on any atom is -0.493 e. The minimum atomic E-state index is -0.470. The van der Waals surface area contributed by atoms with Crippen LogP contribution in [0.4, 0.5) is 5.69 Å². The smallest absolute Gasteiger partial charge is 0.254 e. The quantitative estimate of drug-likeness (QED) is 0.260. The van der Waals surface area contributed by atoms with Gasteiger partial charge in [0.2, 0.25) is 0 Å². The highest BCUT2D eigenvalue weighted by molar-refractivity contribution is 6.04. The molecular weight excluding hydrogens is 484 g/mol. The van der Waals surface area contributed by atoms with Crippen molar-refractivity contribution in [2.24, 2.45) is 17.6 Å². The van der Waals surface area contributed by atoms with E-state index in [4.69, 9.17) is 15.5 Å². The largest absolute Gasteiger partial charge is 0.493 e. The predicted octanol–water partition coefficient (Wildman–Crippen LogP) is 8.19. The Kier molecular flexibility index (Phi) is 8.29. The zero-order chi connectivity index (χ0) is 27.5. The molecule has 39 heavy (non-hydrogen) atoms. The maximum atomic E-state index is 12.8. The summed E-state index contributed by atoms with van der Waals surface area (Å²) in [6, 6.07) is 9.17. The average molecular weight is 529 g/mol. The molecule has 0 bridgehead atoms. The summed E-state index contributed by atoms with van der Waals surface area (Å²) in [6.07, 6.45) is 15.4. The van der Waals surface area contributed by atoms with Crippen molar-refractivity contribution in [2.75, 3.05) is 11.9 Å². The number of carbonyl (C=O) groups excluding carboxylic acids is 1. The first-order valence-electron chi connectivity index (χ1n) is 14.9. The summed E-state index contributed by atoms with van der Waals surface area (Å²) in [5.74, 6) is 1.52. The maximum absolute atomic E-state index is 12.8. The molecule has 2 aliphatic rings. The van der Waals surface area contributed by atoms with E-state index in [0.717, 1.165) is 47.2 Å². The van der Waals surface area contributed by atoms with E-state index in [0.29, 0.717) is 35.8 Å². The maximum Gasteiger partial charge on any atom is 0.254 e. The standard InChI is InChI=1S/C33H44N4O2/c1-5-23-15-16-35-32-30(23)26(19-29(31(32)33(34)38)39-17-9-10-22(4)21(2)3)24-13-14-28-27(18-24)36-20-37(28)25-11-7-6-8-12-25/h13-16,18-23,25,35H,5-12,17H2,1-4H3,(H2,34,38). The summed E-state index contributed by atoms with van der Waals surface area (Å²) < 4.78 is 8.68. The molecule has 6 nitrogen and oxygen atoms in total. The summed E-state index contributed by atoms with van der Waals surface area (Å²) >= 11 is 0. The number of amides is 1. The van der Waals surface area contributed by atoms with Crippen LogP contribution in [0.25, 0.3) is 22.2 Å². The molecule has 6 heteroatoms. The molecule has 1 aliphatic carbocycles. The number of nitrogens with one attached hydrogen (secondary N) is 1. The first-order valence-corrected chi connectivity index (χ1v) is 14.9. The van der Waals surface area contributed by atoms with Crippen LogP contribution in [0.5, 0.6) is 5.75 Å². The summed E-state index contributed by atoms with van der Waals surface area (Å²) in [6.45, 7) is 9.51. The van der Waals surface area contributed by atoms with Crippen molar-refractivity contribution >= 4 is 22.6 Å². The van der Waals surface area contributed by atoms with Gasteiger partial charge in [-0.15, -0.1) is 0 Å². The minimum absolute atomic E-state index is 0.172. The van der Waals surface area contributed by atoms with Crippen LogP contribution in [0.3, 0.4) is 0 Å². The number of fused-ring (bicyclic) bond motifs is 2. The zero-order valence-electron chi connectivity index (χ0n) is 24.0. The van der Waals surface area contributed by atoms with Crippen molar-refractivity contribution in [3.8, 4) is 16.9 Å². The van der Waals surface area contributed by atoms with E-state index in [1.165, 1.54) is 37.6 Å². The lowest BCUT2D eigenvalue weighted by Crippen LogP contribution is -2.20. The molecule has 0 spiro atoms. The van der Waals surface area contributed by atoms with E-state index < -0.39 is 5.91 Å². The molecule has 3 aromatic rings. The van der Waals surface area contributed by atoms with Gasteiger partial charge in [-0.05, 0) is 85.0 Å². The number of hydrogen-bond acceptors (Lipinski definition) is 4. The van der Waals surface area contributed by atoms with Crippen LogP contribution in [0.1, 0.15) is 107 Å². The molecule has 1 fully saturated rings. The first-order chi connectivity index (χ1) is 18.9. The molecule has 2 atom stereocenters. The highest BCUT2D eigenvalue weighted by Crippen LogP contribution is 2.46. The Labute approximate surface area is 233 Å². The molecule has 5 rings (SSSR count). The molecular formula is C33H44N4O2. The highest BCUT2D eigenvalue weighted by atomic mass is 16.5. The van der Waals surface area contributed by atoms with E-state index in [1.54, 1.807) is 0 Å². The number of primary amides is 1. The number of nitrogens with two attached hydrogens (primary N) is 1. The third-order valence-corrected chi connectivity index (χ3v) is 9.00. The van der Waals surface area contributed by atoms with Gasteiger partial charge in [-0.2, -0.15) is 0 Å². The number of ether oxygens (including phenoxy) is 1.